The van der Waals surface area contributed by atoms with Crippen molar-refractivity contribution >= 4 is 35.9 Å². The van der Waals surface area contributed by atoms with Crippen LogP contribution in [0.5, 0.6) is 34.5 Å². The molecular formula is C53H62N4O16. The van der Waals surface area contributed by atoms with Crippen molar-refractivity contribution in [2.45, 2.75) is 109 Å². The molecule has 11 N–H and O–H groups in total. The Morgan fingerprint density at radius 1 is 0.438 bits per heavy atom. The first kappa shape index (κ1) is 56.9. The zero-order valence-electron chi connectivity index (χ0n) is 41.1. The van der Waals surface area contributed by atoms with Gasteiger partial charge in [0.15, 0.2) is 23.0 Å². The third kappa shape index (κ3) is 20.3. The second-order valence-corrected chi connectivity index (χ2v) is 18.7. The minimum Gasteiger partial charge on any atom is -0.508 e. The molecule has 0 unspecified atom stereocenters. The quantitative estimate of drug-likeness (QED) is 0.0282. The number of ether oxygens (including phenoxy) is 3. The van der Waals surface area contributed by atoms with Crippen molar-refractivity contribution in [1.82, 2.24) is 21.3 Å². The molecule has 20 heteroatoms. The summed E-state index contributed by atoms with van der Waals surface area (Å²) in [5.74, 6) is -4.84. The first-order valence-electron chi connectivity index (χ1n) is 22.8. The highest BCUT2D eigenvalue weighted by atomic mass is 16.6. The first-order valence-corrected chi connectivity index (χ1v) is 22.8. The molecule has 20 nitrogen and oxygen atoms in total. The number of hydrogen-bond acceptors (Lipinski definition) is 15. The number of nitrogens with one attached hydrogen (secondary N) is 4. The summed E-state index contributed by atoms with van der Waals surface area (Å²) in [7, 11) is 0. The number of amides is 4. The summed E-state index contributed by atoms with van der Waals surface area (Å²) >= 11 is 0. The van der Waals surface area contributed by atoms with Gasteiger partial charge in [-0.3, -0.25) is 9.59 Å². The molecule has 0 saturated carbocycles. The Morgan fingerprint density at radius 2 is 0.808 bits per heavy atom. The molecule has 5 aromatic rings. The first-order chi connectivity index (χ1) is 34.2. The fraction of sp³-hybridized carbons (Fsp3) is 0.321. The molecule has 0 aromatic heterocycles. The van der Waals surface area contributed by atoms with Gasteiger partial charge in [0, 0.05) is 25.7 Å². The highest BCUT2D eigenvalue weighted by Gasteiger charge is 2.31. The molecular weight excluding hydrogens is 949 g/mol. The zero-order valence-corrected chi connectivity index (χ0v) is 41.1. The fourth-order valence-corrected chi connectivity index (χ4v) is 6.68. The summed E-state index contributed by atoms with van der Waals surface area (Å²) in [5.41, 5.74) is 1.18. The average molecular weight is 1010 g/mol. The lowest BCUT2D eigenvalue weighted by Crippen LogP contribution is -2.54. The maximum atomic E-state index is 13.5. The van der Waals surface area contributed by atoms with Gasteiger partial charge >= 0.3 is 24.1 Å². The van der Waals surface area contributed by atoms with Crippen molar-refractivity contribution in [1.29, 1.82) is 0 Å². The van der Waals surface area contributed by atoms with E-state index in [1.165, 1.54) is 72.8 Å². The van der Waals surface area contributed by atoms with Crippen LogP contribution in [0.4, 0.5) is 9.59 Å². The van der Waals surface area contributed by atoms with Crippen LogP contribution in [0, 0.1) is 0 Å². The predicted octanol–water partition coefficient (Wildman–Crippen LogP) is 5.76. The summed E-state index contributed by atoms with van der Waals surface area (Å²) in [4.78, 5) is 76.2. The zero-order chi connectivity index (χ0) is 54.0. The molecule has 0 radical (unpaired) electrons. The van der Waals surface area contributed by atoms with Gasteiger partial charge in [-0.25, -0.2) is 19.2 Å². The van der Waals surface area contributed by atoms with Gasteiger partial charge in [-0.2, -0.15) is 0 Å². The topological polar surface area (TPSA) is 320 Å². The van der Waals surface area contributed by atoms with Gasteiger partial charge in [-0.1, -0.05) is 66.7 Å². The molecule has 0 spiro atoms. The normalized spacial score (nSPS) is 12.7. The van der Waals surface area contributed by atoms with Crippen molar-refractivity contribution in [2.75, 3.05) is 0 Å². The number of esters is 1. The molecule has 5 aromatic carbocycles. The number of carbonyl (C=O) groups excluding carboxylic acids is 5. The average Bonchev–Trinajstić information content (AvgIpc) is 3.30. The van der Waals surface area contributed by atoms with Gasteiger partial charge in [-0.05, 0) is 118 Å². The van der Waals surface area contributed by atoms with Crippen LogP contribution in [-0.4, -0.2) is 107 Å². The third-order valence-electron chi connectivity index (χ3n) is 10.2. The number of carboxylic acid groups (broad SMARTS) is 1. The van der Waals surface area contributed by atoms with E-state index in [4.69, 9.17) is 14.2 Å². The summed E-state index contributed by atoms with van der Waals surface area (Å²) in [6.45, 7) is 9.98. The molecule has 4 amide bonds. The lowest BCUT2D eigenvalue weighted by Gasteiger charge is -2.25. The highest BCUT2D eigenvalue weighted by Crippen LogP contribution is 2.27. The Labute approximate surface area is 421 Å². The fourth-order valence-electron chi connectivity index (χ4n) is 6.68. The van der Waals surface area contributed by atoms with Crippen LogP contribution in [0.15, 0.2) is 115 Å². The number of carbonyl (C=O) groups is 6. The number of phenols is 6. The van der Waals surface area contributed by atoms with Crippen molar-refractivity contribution in [3.05, 3.63) is 143 Å². The smallest absolute Gasteiger partial charge is 0.408 e. The van der Waals surface area contributed by atoms with E-state index in [0.29, 0.717) is 22.3 Å². The highest BCUT2D eigenvalue weighted by molar-refractivity contribution is 5.91. The van der Waals surface area contributed by atoms with Crippen LogP contribution in [0.2, 0.25) is 0 Å². The minimum atomic E-state index is -1.31. The van der Waals surface area contributed by atoms with E-state index in [1.54, 1.807) is 65.8 Å². The summed E-state index contributed by atoms with van der Waals surface area (Å²) in [6, 6.07) is 24.2. The van der Waals surface area contributed by atoms with Crippen LogP contribution >= 0.6 is 0 Å². The van der Waals surface area contributed by atoms with Crippen molar-refractivity contribution in [3.63, 3.8) is 0 Å². The number of rotatable bonds is 18. The monoisotopic (exact) mass is 1010 g/mol. The van der Waals surface area contributed by atoms with E-state index in [0.717, 1.165) is 5.56 Å². The lowest BCUT2D eigenvalue weighted by molar-refractivity contribution is -0.149. The largest absolute Gasteiger partial charge is 0.508 e. The Hall–Kier alpha value is -8.68. The Morgan fingerprint density at radius 3 is 1.19 bits per heavy atom. The maximum absolute atomic E-state index is 13.5. The second kappa shape index (κ2) is 26.0. The number of aliphatic carboxylic acids is 1. The molecule has 0 saturated heterocycles. The van der Waals surface area contributed by atoms with E-state index in [1.807, 2.05) is 18.2 Å². The summed E-state index contributed by atoms with van der Waals surface area (Å²) < 4.78 is 16.0. The van der Waals surface area contributed by atoms with Crippen molar-refractivity contribution in [2.24, 2.45) is 0 Å². The van der Waals surface area contributed by atoms with Gasteiger partial charge in [0.05, 0.1) is 0 Å². The molecule has 0 aliphatic rings. The van der Waals surface area contributed by atoms with Crippen LogP contribution in [-0.2, 0) is 65.7 Å². The summed E-state index contributed by atoms with van der Waals surface area (Å²) in [5, 5.41) is 77.4. The third-order valence-corrected chi connectivity index (χ3v) is 10.2. The van der Waals surface area contributed by atoms with Gasteiger partial charge in [0.25, 0.3) is 0 Å². The van der Waals surface area contributed by atoms with Gasteiger partial charge < -0.3 is 71.2 Å². The Bertz CT molecular complexity index is 2670. The number of aromatic hydroxyl groups is 6. The van der Waals surface area contributed by atoms with E-state index in [-0.39, 0.29) is 61.0 Å². The number of phenolic OH excluding ortho intramolecular Hbond substituents is 6. The minimum absolute atomic E-state index is 0.00596. The Balaban J connectivity index is 0.000000323. The van der Waals surface area contributed by atoms with E-state index in [2.05, 4.69) is 21.3 Å². The van der Waals surface area contributed by atoms with Crippen molar-refractivity contribution in [3.8, 4) is 34.5 Å². The SMILES string of the molecule is CC(C)(C)OC(=O)N[C@@H](Cc1ccc(O)c(O)c1)C(=O)N[C@@H](Cc1ccc(O)cc1)C(=O)O.CC(C)(C)OC(=O)N[C@@H](Cc1ccc(O)c(O)c1)C(=O)N[C@@H](Cc1ccc(O)cc1)C(=O)OCc1ccccc1. The van der Waals surface area contributed by atoms with Crippen LogP contribution in [0.25, 0.3) is 0 Å². The van der Waals surface area contributed by atoms with Gasteiger partial charge in [0.1, 0.15) is 53.5 Å². The molecule has 5 rings (SSSR count). The molecule has 0 bridgehead atoms. The van der Waals surface area contributed by atoms with Crippen LogP contribution < -0.4 is 21.3 Å². The summed E-state index contributed by atoms with van der Waals surface area (Å²) in [6.07, 6.45) is -1.92. The number of carboxylic acids is 1. The predicted molar refractivity (Wildman–Crippen MR) is 265 cm³/mol. The second-order valence-electron chi connectivity index (χ2n) is 18.7. The molecule has 4 atom stereocenters. The lowest BCUT2D eigenvalue weighted by atomic mass is 10.0. The molecule has 0 heterocycles. The van der Waals surface area contributed by atoms with Crippen LogP contribution in [0.1, 0.15) is 69.4 Å². The standard InChI is InChI=1S/C30H34N2O8.C23H28N2O8/c1-30(2,3)40-29(38)32-23(16-21-11-14-25(34)26(35)17-21)27(36)31-24(15-19-9-12-22(33)13-10-19)28(37)39-18-20-7-5-4-6-8-20;1-23(2,3)33-22(32)25-16(11-14-6-9-18(27)19(28)12-14)20(29)24-17(21(30)31)10-13-4-7-15(26)8-5-13/h4-14,17,23-24,33-35H,15-16,18H2,1-3H3,(H,31,36)(H,32,38);4-9,12,16-17,26-28H,10-11H2,1-3H3,(H,24,29)(H,25,32)(H,30,31)/t23-,24-;16-,17-/m00/s1. The number of hydrogen-bond donors (Lipinski definition) is 11. The molecule has 0 aliphatic heterocycles. The molecule has 390 valence electrons. The number of benzene rings is 5. The van der Waals surface area contributed by atoms with Gasteiger partial charge in [-0.15, -0.1) is 0 Å². The van der Waals surface area contributed by atoms with Crippen LogP contribution in [0.3, 0.4) is 0 Å². The molecule has 73 heavy (non-hydrogen) atoms. The molecule has 0 fully saturated rings. The maximum Gasteiger partial charge on any atom is 0.408 e. The van der Waals surface area contributed by atoms with E-state index < -0.39 is 77.1 Å². The van der Waals surface area contributed by atoms with Crippen molar-refractivity contribution < 1.29 is 78.7 Å². The van der Waals surface area contributed by atoms with E-state index >= 15 is 0 Å². The molecule has 0 aliphatic carbocycles. The van der Waals surface area contributed by atoms with Gasteiger partial charge in [0.2, 0.25) is 11.8 Å². The van der Waals surface area contributed by atoms with E-state index in [9.17, 15) is 64.5 Å². The Kier molecular flexibility index (Phi) is 20.2. The number of alkyl carbamates (subject to hydrolysis) is 2.